The van der Waals surface area contributed by atoms with Crippen molar-refractivity contribution in [1.29, 1.82) is 0 Å². The minimum Gasteiger partial charge on any atom is -0.316 e. The summed E-state index contributed by atoms with van der Waals surface area (Å²) in [6.07, 6.45) is 0. The van der Waals surface area contributed by atoms with E-state index in [1.165, 1.54) is 24.3 Å². The maximum Gasteiger partial charge on any atom is 0.269 e. The highest BCUT2D eigenvalue weighted by atomic mass is 32.2. The summed E-state index contributed by atoms with van der Waals surface area (Å²) in [5, 5.41) is 13.5. The van der Waals surface area contributed by atoms with Crippen molar-refractivity contribution in [3.8, 4) is 0 Å². The molecule has 1 atom stereocenters. The number of non-ortho nitro benzene ring substituents is 1. The van der Waals surface area contributed by atoms with Crippen molar-refractivity contribution in [1.82, 2.24) is 5.32 Å². The van der Waals surface area contributed by atoms with Gasteiger partial charge in [-0.15, -0.1) is 0 Å². The zero-order valence-corrected chi connectivity index (χ0v) is 12.0. The smallest absolute Gasteiger partial charge is 0.269 e. The molecule has 0 fully saturated rings. The van der Waals surface area contributed by atoms with E-state index in [0.717, 1.165) is 0 Å². The van der Waals surface area contributed by atoms with Crippen LogP contribution in [0.1, 0.15) is 13.8 Å². The van der Waals surface area contributed by atoms with Crippen molar-refractivity contribution in [3.63, 3.8) is 0 Å². The number of nitrogens with zero attached hydrogens (tertiary/aromatic N) is 1. The number of nitrogens with one attached hydrogen (secondary N) is 1. The van der Waals surface area contributed by atoms with Crippen LogP contribution in [0.2, 0.25) is 0 Å². The molecule has 19 heavy (non-hydrogen) atoms. The van der Waals surface area contributed by atoms with Crippen molar-refractivity contribution >= 4 is 15.5 Å². The maximum absolute atomic E-state index is 12.2. The molecule has 106 valence electrons. The van der Waals surface area contributed by atoms with Crippen molar-refractivity contribution < 1.29 is 13.3 Å². The summed E-state index contributed by atoms with van der Waals surface area (Å²) in [5.41, 5.74) is -0.118. The molecule has 1 rings (SSSR count). The lowest BCUT2D eigenvalue weighted by molar-refractivity contribution is -0.384. The predicted molar refractivity (Wildman–Crippen MR) is 72.8 cm³/mol. The number of nitro groups is 1. The van der Waals surface area contributed by atoms with Crippen LogP contribution < -0.4 is 5.32 Å². The van der Waals surface area contributed by atoms with Gasteiger partial charge in [-0.3, -0.25) is 10.1 Å². The van der Waals surface area contributed by atoms with Crippen LogP contribution in [-0.4, -0.2) is 32.2 Å². The third kappa shape index (κ3) is 4.00. The minimum atomic E-state index is -3.44. The molecule has 1 unspecified atom stereocenters. The van der Waals surface area contributed by atoms with E-state index < -0.39 is 14.8 Å². The van der Waals surface area contributed by atoms with Gasteiger partial charge in [-0.05, 0) is 25.1 Å². The van der Waals surface area contributed by atoms with Gasteiger partial charge < -0.3 is 5.32 Å². The molecule has 0 heterocycles. The summed E-state index contributed by atoms with van der Waals surface area (Å²) in [7, 11) is -1.73. The quantitative estimate of drug-likeness (QED) is 0.634. The monoisotopic (exact) mass is 286 g/mol. The van der Waals surface area contributed by atoms with Crippen LogP contribution in [-0.2, 0) is 9.84 Å². The first-order valence-corrected chi connectivity index (χ1v) is 7.57. The summed E-state index contributed by atoms with van der Waals surface area (Å²) >= 11 is 0. The Bertz CT molecular complexity index is 537. The zero-order chi connectivity index (χ0) is 14.6. The molecule has 1 N–H and O–H groups in total. The average molecular weight is 286 g/mol. The highest BCUT2D eigenvalue weighted by Gasteiger charge is 2.23. The lowest BCUT2D eigenvalue weighted by Gasteiger charge is -2.19. The second-order valence-electron chi connectivity index (χ2n) is 4.67. The van der Waals surface area contributed by atoms with E-state index in [9.17, 15) is 18.5 Å². The molecule has 0 aliphatic rings. The molecule has 0 aromatic heterocycles. The van der Waals surface area contributed by atoms with Gasteiger partial charge in [-0.2, -0.15) is 0 Å². The SMILES string of the molecule is CNC(CS(=O)(=O)c1ccc([N+](=O)[O-])cc1)C(C)C. The van der Waals surface area contributed by atoms with Gasteiger partial charge in [-0.25, -0.2) is 8.42 Å². The molecule has 0 amide bonds. The Balaban J connectivity index is 2.97. The van der Waals surface area contributed by atoms with Crippen LogP contribution in [0.4, 0.5) is 5.69 Å². The van der Waals surface area contributed by atoms with Gasteiger partial charge >= 0.3 is 0 Å². The van der Waals surface area contributed by atoms with Crippen molar-refractivity contribution in [2.24, 2.45) is 5.92 Å². The van der Waals surface area contributed by atoms with Crippen LogP contribution >= 0.6 is 0 Å². The normalized spacial score (nSPS) is 13.5. The molecular weight excluding hydrogens is 268 g/mol. The highest BCUT2D eigenvalue weighted by molar-refractivity contribution is 7.91. The van der Waals surface area contributed by atoms with Gasteiger partial charge in [0.05, 0.1) is 15.6 Å². The number of nitro benzene ring substituents is 1. The van der Waals surface area contributed by atoms with Crippen molar-refractivity contribution in [2.45, 2.75) is 24.8 Å². The van der Waals surface area contributed by atoms with Crippen LogP contribution in [0.25, 0.3) is 0 Å². The Hall–Kier alpha value is -1.47. The highest BCUT2D eigenvalue weighted by Crippen LogP contribution is 2.18. The molecule has 0 aliphatic carbocycles. The van der Waals surface area contributed by atoms with E-state index in [1.54, 1.807) is 7.05 Å². The van der Waals surface area contributed by atoms with Crippen LogP contribution in [0, 0.1) is 16.0 Å². The van der Waals surface area contributed by atoms with E-state index in [1.807, 2.05) is 13.8 Å². The molecule has 6 nitrogen and oxygen atoms in total. The molecule has 0 aliphatic heterocycles. The average Bonchev–Trinajstić information content (AvgIpc) is 2.35. The fraction of sp³-hybridized carbons (Fsp3) is 0.500. The Morgan fingerprint density at radius 3 is 2.16 bits per heavy atom. The second-order valence-corrected chi connectivity index (χ2v) is 6.71. The summed E-state index contributed by atoms with van der Waals surface area (Å²) in [6, 6.07) is 4.81. The third-order valence-corrected chi connectivity index (χ3v) is 4.77. The summed E-state index contributed by atoms with van der Waals surface area (Å²) in [4.78, 5) is 10.1. The number of benzene rings is 1. The fourth-order valence-electron chi connectivity index (χ4n) is 1.72. The van der Waals surface area contributed by atoms with E-state index >= 15 is 0 Å². The van der Waals surface area contributed by atoms with Gasteiger partial charge in [0, 0.05) is 18.2 Å². The number of sulfone groups is 1. The van der Waals surface area contributed by atoms with Gasteiger partial charge in [0.1, 0.15) is 0 Å². The van der Waals surface area contributed by atoms with Crippen LogP contribution in [0.3, 0.4) is 0 Å². The van der Waals surface area contributed by atoms with Crippen LogP contribution in [0.5, 0.6) is 0 Å². The summed E-state index contributed by atoms with van der Waals surface area (Å²) in [6.45, 7) is 3.87. The first-order valence-electron chi connectivity index (χ1n) is 5.92. The Morgan fingerprint density at radius 2 is 1.79 bits per heavy atom. The molecule has 1 aromatic rings. The topological polar surface area (TPSA) is 89.3 Å². The largest absolute Gasteiger partial charge is 0.316 e. The number of rotatable bonds is 6. The minimum absolute atomic E-state index is 0.0288. The Labute approximate surface area is 112 Å². The second kappa shape index (κ2) is 6.12. The molecule has 7 heteroatoms. The maximum atomic E-state index is 12.2. The van der Waals surface area contributed by atoms with Gasteiger partial charge in [0.2, 0.25) is 0 Å². The fourth-order valence-corrected chi connectivity index (χ4v) is 3.48. The molecule has 0 saturated heterocycles. The first kappa shape index (κ1) is 15.6. The van der Waals surface area contributed by atoms with Gasteiger partial charge in [0.25, 0.3) is 5.69 Å². The van der Waals surface area contributed by atoms with Crippen molar-refractivity contribution in [3.05, 3.63) is 34.4 Å². The summed E-state index contributed by atoms with van der Waals surface area (Å²) in [5.74, 6) is 0.150. The van der Waals surface area contributed by atoms with Crippen molar-refractivity contribution in [2.75, 3.05) is 12.8 Å². The third-order valence-electron chi connectivity index (χ3n) is 2.98. The van der Waals surface area contributed by atoms with Gasteiger partial charge in [-0.1, -0.05) is 13.8 Å². The van der Waals surface area contributed by atoms with E-state index in [-0.39, 0.29) is 28.3 Å². The van der Waals surface area contributed by atoms with Gasteiger partial charge in [0.15, 0.2) is 9.84 Å². The standard InChI is InChI=1S/C12H18N2O4S/c1-9(2)12(13-3)8-19(17,18)11-6-4-10(5-7-11)14(15)16/h4-7,9,12-13H,8H2,1-3H3. The number of hydrogen-bond acceptors (Lipinski definition) is 5. The predicted octanol–water partition coefficient (Wildman–Crippen LogP) is 1.61. The molecule has 1 aromatic carbocycles. The van der Waals surface area contributed by atoms with E-state index in [2.05, 4.69) is 5.32 Å². The lowest BCUT2D eigenvalue weighted by Crippen LogP contribution is -2.37. The summed E-state index contributed by atoms with van der Waals surface area (Å²) < 4.78 is 24.4. The molecule has 0 radical (unpaired) electrons. The zero-order valence-electron chi connectivity index (χ0n) is 11.2. The molecule has 0 spiro atoms. The molecule has 0 saturated carbocycles. The Morgan fingerprint density at radius 1 is 1.26 bits per heavy atom. The lowest BCUT2D eigenvalue weighted by atomic mass is 10.1. The number of hydrogen-bond donors (Lipinski definition) is 1. The molecular formula is C12H18N2O4S. The van der Waals surface area contributed by atoms with E-state index in [0.29, 0.717) is 0 Å². The Kier molecular flexibility index (Phi) is 5.02. The van der Waals surface area contributed by atoms with E-state index in [4.69, 9.17) is 0 Å². The molecule has 0 bridgehead atoms. The first-order chi connectivity index (χ1) is 8.77. The van der Waals surface area contributed by atoms with Crippen LogP contribution in [0.15, 0.2) is 29.2 Å².